The first-order chi connectivity index (χ1) is 11.9. The SMILES string of the molecule is COc1ccc([C@H](c2ccc(Cl)s2)N2CCNCC2)c(C(F)(F)F)c1. The fourth-order valence-electron chi connectivity index (χ4n) is 3.09. The molecule has 0 amide bonds. The van der Waals surface area contributed by atoms with Gasteiger partial charge in [0.1, 0.15) is 5.75 Å². The molecule has 1 aliphatic heterocycles. The molecule has 3 nitrogen and oxygen atoms in total. The molecular weight excluding hydrogens is 373 g/mol. The van der Waals surface area contributed by atoms with E-state index in [4.69, 9.17) is 16.3 Å². The van der Waals surface area contributed by atoms with Crippen LogP contribution in [-0.2, 0) is 6.18 Å². The van der Waals surface area contributed by atoms with Crippen molar-refractivity contribution in [3.63, 3.8) is 0 Å². The number of thiophene rings is 1. The lowest BCUT2D eigenvalue weighted by molar-refractivity contribution is -0.138. The van der Waals surface area contributed by atoms with E-state index in [1.165, 1.54) is 24.5 Å². The van der Waals surface area contributed by atoms with Crippen molar-refractivity contribution in [2.45, 2.75) is 12.2 Å². The molecule has 136 valence electrons. The Morgan fingerprint density at radius 2 is 1.92 bits per heavy atom. The Bertz CT molecular complexity index is 729. The normalized spacial score (nSPS) is 17.5. The summed E-state index contributed by atoms with van der Waals surface area (Å²) in [5.41, 5.74) is -0.436. The zero-order chi connectivity index (χ0) is 18.0. The van der Waals surface area contributed by atoms with Crippen LogP contribution in [0, 0.1) is 0 Å². The Balaban J connectivity index is 2.12. The van der Waals surface area contributed by atoms with Gasteiger partial charge >= 0.3 is 6.18 Å². The molecular formula is C17H18ClF3N2OS. The number of benzene rings is 1. The van der Waals surface area contributed by atoms with Gasteiger partial charge in [-0.1, -0.05) is 17.7 Å². The molecule has 3 rings (SSSR count). The van der Waals surface area contributed by atoms with Crippen molar-refractivity contribution in [1.82, 2.24) is 10.2 Å². The first kappa shape index (κ1) is 18.5. The van der Waals surface area contributed by atoms with Crippen molar-refractivity contribution in [3.05, 3.63) is 50.7 Å². The zero-order valence-electron chi connectivity index (χ0n) is 13.6. The lowest BCUT2D eigenvalue weighted by Crippen LogP contribution is -2.45. The van der Waals surface area contributed by atoms with Crippen molar-refractivity contribution in [2.75, 3.05) is 33.3 Å². The summed E-state index contributed by atoms with van der Waals surface area (Å²) in [6.45, 7) is 2.83. The minimum absolute atomic E-state index is 0.194. The van der Waals surface area contributed by atoms with Crippen LogP contribution in [0.25, 0.3) is 0 Å². The van der Waals surface area contributed by atoms with Crippen LogP contribution in [0.1, 0.15) is 22.0 Å². The van der Waals surface area contributed by atoms with E-state index >= 15 is 0 Å². The minimum Gasteiger partial charge on any atom is -0.497 e. The van der Waals surface area contributed by atoms with Gasteiger partial charge in [-0.05, 0) is 29.8 Å². The summed E-state index contributed by atoms with van der Waals surface area (Å²) >= 11 is 7.37. The quantitative estimate of drug-likeness (QED) is 0.836. The van der Waals surface area contributed by atoms with Gasteiger partial charge in [-0.2, -0.15) is 13.2 Å². The number of piperazine rings is 1. The molecule has 1 saturated heterocycles. The lowest BCUT2D eigenvalue weighted by atomic mass is 9.96. The second-order valence-electron chi connectivity index (χ2n) is 5.78. The Hall–Kier alpha value is -1.28. The van der Waals surface area contributed by atoms with E-state index in [2.05, 4.69) is 10.2 Å². The molecule has 1 aromatic carbocycles. The van der Waals surface area contributed by atoms with Crippen LogP contribution >= 0.6 is 22.9 Å². The van der Waals surface area contributed by atoms with E-state index in [1.807, 2.05) is 6.07 Å². The number of nitrogens with one attached hydrogen (secondary N) is 1. The van der Waals surface area contributed by atoms with E-state index in [0.29, 0.717) is 17.4 Å². The lowest BCUT2D eigenvalue weighted by Gasteiger charge is -2.36. The summed E-state index contributed by atoms with van der Waals surface area (Å²) in [6, 6.07) is 7.22. The summed E-state index contributed by atoms with van der Waals surface area (Å²) in [5.74, 6) is 0.194. The Morgan fingerprint density at radius 1 is 1.20 bits per heavy atom. The molecule has 2 aromatic rings. The summed E-state index contributed by atoms with van der Waals surface area (Å²) < 4.78 is 46.7. The van der Waals surface area contributed by atoms with Gasteiger partial charge in [0.2, 0.25) is 0 Å². The smallest absolute Gasteiger partial charge is 0.416 e. The van der Waals surface area contributed by atoms with Gasteiger partial charge in [0.05, 0.1) is 23.1 Å². The molecule has 1 atom stereocenters. The number of halogens is 4. The van der Waals surface area contributed by atoms with Crippen LogP contribution in [0.5, 0.6) is 5.75 Å². The molecule has 1 aromatic heterocycles. The molecule has 0 aliphatic carbocycles. The highest BCUT2D eigenvalue weighted by Gasteiger charge is 2.38. The highest BCUT2D eigenvalue weighted by Crippen LogP contribution is 2.42. The minimum atomic E-state index is -4.46. The maximum atomic E-state index is 13.7. The van der Waals surface area contributed by atoms with Gasteiger partial charge < -0.3 is 10.1 Å². The zero-order valence-corrected chi connectivity index (χ0v) is 15.1. The highest BCUT2D eigenvalue weighted by atomic mass is 35.5. The fourth-order valence-corrected chi connectivity index (χ4v) is 4.31. The van der Waals surface area contributed by atoms with Crippen LogP contribution in [0.4, 0.5) is 13.2 Å². The number of ether oxygens (including phenoxy) is 1. The average Bonchev–Trinajstić information content (AvgIpc) is 3.01. The van der Waals surface area contributed by atoms with Crippen molar-refractivity contribution in [2.24, 2.45) is 0 Å². The van der Waals surface area contributed by atoms with E-state index in [-0.39, 0.29) is 11.3 Å². The maximum absolute atomic E-state index is 13.7. The van der Waals surface area contributed by atoms with Gasteiger partial charge in [0.25, 0.3) is 0 Å². The maximum Gasteiger partial charge on any atom is 0.416 e. The van der Waals surface area contributed by atoms with Crippen LogP contribution in [0.2, 0.25) is 4.34 Å². The van der Waals surface area contributed by atoms with Crippen molar-refractivity contribution >= 4 is 22.9 Å². The summed E-state index contributed by atoms with van der Waals surface area (Å²) in [6.07, 6.45) is -4.46. The first-order valence-electron chi connectivity index (χ1n) is 7.85. The third-order valence-corrected chi connectivity index (χ3v) is 5.52. The Morgan fingerprint density at radius 3 is 2.48 bits per heavy atom. The van der Waals surface area contributed by atoms with Gasteiger partial charge in [0.15, 0.2) is 0 Å². The van der Waals surface area contributed by atoms with Gasteiger partial charge in [-0.15, -0.1) is 11.3 Å². The Labute approximate surface area is 153 Å². The predicted octanol–water partition coefficient (Wildman–Crippen LogP) is 4.42. The molecule has 8 heteroatoms. The van der Waals surface area contributed by atoms with Gasteiger partial charge in [0, 0.05) is 31.1 Å². The first-order valence-corrected chi connectivity index (χ1v) is 9.04. The number of methoxy groups -OCH3 is 1. The van der Waals surface area contributed by atoms with Crippen LogP contribution < -0.4 is 10.1 Å². The molecule has 0 radical (unpaired) electrons. The van der Waals surface area contributed by atoms with E-state index in [9.17, 15) is 13.2 Å². The molecule has 0 bridgehead atoms. The van der Waals surface area contributed by atoms with E-state index < -0.39 is 17.8 Å². The molecule has 1 fully saturated rings. The van der Waals surface area contributed by atoms with Crippen LogP contribution in [0.3, 0.4) is 0 Å². The summed E-state index contributed by atoms with van der Waals surface area (Å²) in [4.78, 5) is 2.87. The molecule has 1 N–H and O–H groups in total. The highest BCUT2D eigenvalue weighted by molar-refractivity contribution is 7.16. The monoisotopic (exact) mass is 390 g/mol. The molecule has 0 unspecified atom stereocenters. The molecule has 0 saturated carbocycles. The van der Waals surface area contributed by atoms with Gasteiger partial charge in [-0.3, -0.25) is 4.90 Å². The summed E-state index contributed by atoms with van der Waals surface area (Å²) in [5, 5.41) is 3.23. The third-order valence-electron chi connectivity index (χ3n) is 4.24. The van der Waals surface area contributed by atoms with Crippen molar-refractivity contribution < 1.29 is 17.9 Å². The standard InChI is InChI=1S/C17H18ClF3N2OS/c1-24-11-2-3-12(13(10-11)17(19,20)21)16(14-4-5-15(18)25-14)23-8-6-22-7-9-23/h2-5,10,16,22H,6-9H2,1H3/t16-/m1/s1. The number of rotatable bonds is 4. The molecule has 1 aliphatic rings. The van der Waals surface area contributed by atoms with Crippen molar-refractivity contribution in [1.29, 1.82) is 0 Å². The molecule has 0 spiro atoms. The molecule has 2 heterocycles. The predicted molar refractivity (Wildman–Crippen MR) is 93.6 cm³/mol. The Kier molecular flexibility index (Phi) is 5.58. The third kappa shape index (κ3) is 4.11. The second-order valence-corrected chi connectivity index (χ2v) is 7.53. The average molecular weight is 391 g/mol. The van der Waals surface area contributed by atoms with Crippen molar-refractivity contribution in [3.8, 4) is 5.75 Å². The second kappa shape index (κ2) is 7.53. The molecule has 25 heavy (non-hydrogen) atoms. The number of alkyl halides is 3. The topological polar surface area (TPSA) is 24.5 Å². The van der Waals surface area contributed by atoms with Gasteiger partial charge in [-0.25, -0.2) is 0 Å². The number of hydrogen-bond acceptors (Lipinski definition) is 4. The summed E-state index contributed by atoms with van der Waals surface area (Å²) in [7, 11) is 1.36. The van der Waals surface area contributed by atoms with E-state index in [0.717, 1.165) is 24.0 Å². The van der Waals surface area contributed by atoms with Crippen LogP contribution in [0.15, 0.2) is 30.3 Å². The van der Waals surface area contributed by atoms with E-state index in [1.54, 1.807) is 12.1 Å². The van der Waals surface area contributed by atoms with Crippen LogP contribution in [-0.4, -0.2) is 38.2 Å². The fraction of sp³-hybridized carbons (Fsp3) is 0.412. The largest absolute Gasteiger partial charge is 0.497 e. The number of hydrogen-bond donors (Lipinski definition) is 1. The number of nitrogens with zero attached hydrogens (tertiary/aromatic N) is 1.